The summed E-state index contributed by atoms with van der Waals surface area (Å²) in [4.78, 5) is 2.08. The monoisotopic (exact) mass is 630 g/mol. The topological polar surface area (TPSA) is 53.3 Å². The van der Waals surface area contributed by atoms with Crippen molar-refractivity contribution in [2.45, 2.75) is 27.7 Å². The van der Waals surface area contributed by atoms with Crippen LogP contribution in [0.5, 0.6) is 0 Å². The van der Waals surface area contributed by atoms with E-state index in [0.29, 0.717) is 0 Å². The molecule has 47 heavy (non-hydrogen) atoms. The lowest BCUT2D eigenvalue weighted by Gasteiger charge is -2.10. The number of anilines is 5. The second kappa shape index (κ2) is 30.5. The Labute approximate surface area is 287 Å². The van der Waals surface area contributed by atoms with Gasteiger partial charge in [0.15, 0.2) is 0 Å². The van der Waals surface area contributed by atoms with Crippen molar-refractivity contribution >= 4 is 28.4 Å². The van der Waals surface area contributed by atoms with Crippen molar-refractivity contribution in [3.05, 3.63) is 188 Å². The molecule has 4 heteroatoms. The van der Waals surface area contributed by atoms with Gasteiger partial charge in [-0.3, -0.25) is 0 Å². The second-order valence-corrected chi connectivity index (χ2v) is 9.27. The van der Waals surface area contributed by atoms with E-state index in [0.717, 1.165) is 22.7 Å². The molecule has 4 N–H and O–H groups in total. The molecule has 250 valence electrons. The fourth-order valence-corrected chi connectivity index (χ4v) is 3.38. The van der Waals surface area contributed by atoms with Crippen LogP contribution in [-0.2, 0) is 0 Å². The van der Waals surface area contributed by atoms with Gasteiger partial charge in [0.05, 0.1) is 0 Å². The molecular formula is C43H58N4. The number of nitrogens with two attached hydrogens (primary N) is 1. The van der Waals surface area contributed by atoms with Gasteiger partial charge in [-0.2, -0.15) is 0 Å². The van der Waals surface area contributed by atoms with Gasteiger partial charge in [0, 0.05) is 51.0 Å². The smallest absolute Gasteiger partial charge is 0.0384 e. The third-order valence-electron chi connectivity index (χ3n) is 5.64. The molecule has 0 aliphatic carbocycles. The zero-order chi connectivity index (χ0) is 34.8. The second-order valence-electron chi connectivity index (χ2n) is 9.27. The first-order chi connectivity index (χ1) is 23.1. The molecule has 6 rings (SSSR count). The molecular weight excluding hydrogens is 573 g/mol. The van der Waals surface area contributed by atoms with Crippen LogP contribution in [0.25, 0.3) is 0 Å². The van der Waals surface area contributed by atoms with Crippen LogP contribution in [-0.4, -0.2) is 21.1 Å². The summed E-state index contributed by atoms with van der Waals surface area (Å²) < 4.78 is 0. The first kappa shape index (κ1) is 41.5. The highest BCUT2D eigenvalue weighted by atomic mass is 15.1. The van der Waals surface area contributed by atoms with Crippen LogP contribution in [0.1, 0.15) is 29.1 Å². The predicted molar refractivity (Wildman–Crippen MR) is 215 cm³/mol. The maximum absolute atomic E-state index is 5.36. The molecule has 0 spiro atoms. The molecule has 0 aliphatic heterocycles. The third-order valence-corrected chi connectivity index (χ3v) is 5.64. The number of para-hydroxylation sites is 5. The highest BCUT2D eigenvalue weighted by Gasteiger charge is 1.90. The Hall–Kier alpha value is -5.48. The van der Waals surface area contributed by atoms with Crippen LogP contribution in [0.2, 0.25) is 0 Å². The lowest BCUT2D eigenvalue weighted by Crippen LogP contribution is -2.07. The minimum Gasteiger partial charge on any atom is -0.399 e. The van der Waals surface area contributed by atoms with Crippen LogP contribution < -0.4 is 21.3 Å². The molecule has 0 bridgehead atoms. The number of nitrogen functional groups attached to an aromatic ring is 1. The maximum Gasteiger partial charge on any atom is 0.0384 e. The Balaban J connectivity index is 0. The number of nitrogens with one attached hydrogen (secondary N) is 2. The lowest BCUT2D eigenvalue weighted by molar-refractivity contribution is 1.13. The fraction of sp³-hybridized carbons (Fsp3) is 0.163. The Kier molecular flexibility index (Phi) is 27.0. The Morgan fingerprint density at radius 3 is 0.872 bits per heavy atom. The van der Waals surface area contributed by atoms with Gasteiger partial charge < -0.3 is 21.3 Å². The van der Waals surface area contributed by atoms with Gasteiger partial charge in [-0.15, -0.1) is 0 Å². The van der Waals surface area contributed by atoms with E-state index in [1.807, 2.05) is 225 Å². The van der Waals surface area contributed by atoms with E-state index in [1.165, 1.54) is 5.69 Å². The van der Waals surface area contributed by atoms with Gasteiger partial charge in [-0.1, -0.05) is 155 Å². The van der Waals surface area contributed by atoms with Gasteiger partial charge in [0.2, 0.25) is 0 Å². The van der Waals surface area contributed by atoms with Gasteiger partial charge in [0.25, 0.3) is 0 Å². The SMILES string of the molecule is CC.CC.CN(C)c1ccccc1.CNc1ccccc1.Nc1ccccc1.[HH].c1ccc(Nc2ccccc2)cc1.c1ccccc1. The summed E-state index contributed by atoms with van der Waals surface area (Å²) in [7, 11) is 5.99. The maximum atomic E-state index is 5.36. The van der Waals surface area contributed by atoms with Crippen molar-refractivity contribution in [3.63, 3.8) is 0 Å². The van der Waals surface area contributed by atoms with Crippen LogP contribution in [0, 0.1) is 0 Å². The van der Waals surface area contributed by atoms with Crippen molar-refractivity contribution in [3.8, 4) is 0 Å². The van der Waals surface area contributed by atoms with Crippen molar-refractivity contribution in [2.24, 2.45) is 0 Å². The zero-order valence-electron chi connectivity index (χ0n) is 29.4. The molecule has 0 aromatic heterocycles. The summed E-state index contributed by atoms with van der Waals surface area (Å²) in [5.74, 6) is 0. The van der Waals surface area contributed by atoms with Gasteiger partial charge in [0.1, 0.15) is 0 Å². The largest absolute Gasteiger partial charge is 0.399 e. The first-order valence-electron chi connectivity index (χ1n) is 16.2. The Morgan fingerprint density at radius 2 is 0.660 bits per heavy atom. The average Bonchev–Trinajstić information content (AvgIpc) is 3.17. The molecule has 0 amide bonds. The van der Waals surface area contributed by atoms with Crippen molar-refractivity contribution in [1.82, 2.24) is 0 Å². The van der Waals surface area contributed by atoms with Crippen molar-refractivity contribution in [1.29, 1.82) is 0 Å². The van der Waals surface area contributed by atoms with E-state index in [1.54, 1.807) is 0 Å². The van der Waals surface area contributed by atoms with E-state index in [-0.39, 0.29) is 1.43 Å². The number of benzene rings is 6. The van der Waals surface area contributed by atoms with Gasteiger partial charge in [-0.05, 0) is 60.7 Å². The molecule has 0 fully saturated rings. The summed E-state index contributed by atoms with van der Waals surface area (Å²) in [6.45, 7) is 8.00. The zero-order valence-corrected chi connectivity index (χ0v) is 29.4. The molecule has 0 atom stereocenters. The molecule has 6 aromatic rings. The Morgan fingerprint density at radius 1 is 0.404 bits per heavy atom. The van der Waals surface area contributed by atoms with Gasteiger partial charge >= 0.3 is 0 Å². The molecule has 0 radical (unpaired) electrons. The minimum absolute atomic E-state index is 0. The number of rotatable bonds is 4. The van der Waals surface area contributed by atoms with E-state index >= 15 is 0 Å². The summed E-state index contributed by atoms with van der Waals surface area (Å²) in [6.07, 6.45) is 0. The number of hydrogen-bond acceptors (Lipinski definition) is 4. The fourth-order valence-electron chi connectivity index (χ4n) is 3.38. The lowest BCUT2D eigenvalue weighted by atomic mass is 10.3. The number of hydrogen-bond donors (Lipinski definition) is 3. The average molecular weight is 631 g/mol. The van der Waals surface area contributed by atoms with Crippen LogP contribution >= 0.6 is 0 Å². The number of nitrogens with zero attached hydrogens (tertiary/aromatic N) is 1. The summed E-state index contributed by atoms with van der Waals surface area (Å²) in [5.41, 5.74) is 10.8. The van der Waals surface area contributed by atoms with E-state index in [2.05, 4.69) is 27.7 Å². The molecule has 0 unspecified atom stereocenters. The highest BCUT2D eigenvalue weighted by Crippen LogP contribution is 2.14. The molecule has 6 aromatic carbocycles. The van der Waals surface area contributed by atoms with E-state index < -0.39 is 0 Å². The molecule has 4 nitrogen and oxygen atoms in total. The quantitative estimate of drug-likeness (QED) is 0.170. The van der Waals surface area contributed by atoms with Crippen LogP contribution in [0.15, 0.2) is 188 Å². The predicted octanol–water partition coefficient (Wildman–Crippen LogP) is 12.2. The minimum atomic E-state index is 0. The van der Waals surface area contributed by atoms with E-state index in [4.69, 9.17) is 5.73 Å². The third kappa shape index (κ3) is 23.6. The first-order valence-corrected chi connectivity index (χ1v) is 16.2. The summed E-state index contributed by atoms with van der Waals surface area (Å²) >= 11 is 0. The molecule has 0 saturated carbocycles. The summed E-state index contributed by atoms with van der Waals surface area (Å²) in [5, 5.41) is 6.33. The molecule has 0 heterocycles. The van der Waals surface area contributed by atoms with Gasteiger partial charge in [-0.25, -0.2) is 0 Å². The van der Waals surface area contributed by atoms with Crippen LogP contribution in [0.3, 0.4) is 0 Å². The normalized spacial score (nSPS) is 8.40. The van der Waals surface area contributed by atoms with Crippen LogP contribution in [0.4, 0.5) is 28.4 Å². The molecule has 0 aliphatic rings. The van der Waals surface area contributed by atoms with E-state index in [9.17, 15) is 0 Å². The summed E-state index contributed by atoms with van der Waals surface area (Å²) in [6, 6.07) is 62.1. The molecule has 0 saturated heterocycles. The van der Waals surface area contributed by atoms with Crippen molar-refractivity contribution < 1.29 is 1.43 Å². The standard InChI is InChI=1S/C12H11N.C8H11N.C7H9N.C6H7N.C6H6.2C2H6.H2/c1-3-7-11(8-4-1)13-12-9-5-2-6-10-12;1-9(2)8-6-4-3-5-7-8;1-8-7-5-3-2-4-6-7;7-6-4-2-1-3-5-6;1-2-4-6-5-3-1;2*1-2;/h1-10,13H;3-7H,1-2H3;2-6,8H,1H3;1-5H,7H2;1-6H;2*1-2H3;1H. The highest BCUT2D eigenvalue weighted by molar-refractivity contribution is 5.58. The Bertz CT molecular complexity index is 1360. The van der Waals surface area contributed by atoms with Crippen molar-refractivity contribution in [2.75, 3.05) is 42.4 Å².